The molecule has 1 unspecified atom stereocenters. The highest BCUT2D eigenvalue weighted by Gasteiger charge is 2.27. The number of carbonyl (C=O) groups is 1. The van der Waals surface area contributed by atoms with Gasteiger partial charge in [0.15, 0.2) is 17.0 Å². The molecule has 3 heterocycles. The molecule has 1 fully saturated rings. The van der Waals surface area contributed by atoms with Gasteiger partial charge in [0.2, 0.25) is 5.91 Å². The van der Waals surface area contributed by atoms with E-state index in [1.54, 1.807) is 6.33 Å². The van der Waals surface area contributed by atoms with Gasteiger partial charge in [0.25, 0.3) is 0 Å². The lowest BCUT2D eigenvalue weighted by molar-refractivity contribution is -0.123. The third-order valence-corrected chi connectivity index (χ3v) is 8.04. The molecule has 9 heteroatoms. The van der Waals surface area contributed by atoms with E-state index in [-0.39, 0.29) is 17.9 Å². The van der Waals surface area contributed by atoms with Gasteiger partial charge >= 0.3 is 0 Å². The molecule has 0 aliphatic carbocycles. The lowest BCUT2D eigenvalue weighted by Gasteiger charge is -2.33. The molecule has 1 amide bonds. The Balaban J connectivity index is 1.28. The van der Waals surface area contributed by atoms with E-state index in [0.717, 1.165) is 48.6 Å². The van der Waals surface area contributed by atoms with Gasteiger partial charge in [-0.05, 0) is 61.7 Å². The van der Waals surface area contributed by atoms with Crippen LogP contribution in [0.25, 0.3) is 28.2 Å². The normalized spacial score (nSPS) is 14.8. The maximum Gasteiger partial charge on any atom is 0.227 e. The zero-order valence-corrected chi connectivity index (χ0v) is 23.5. The van der Waals surface area contributed by atoms with E-state index in [0.29, 0.717) is 27.0 Å². The topological polar surface area (TPSA) is 75.9 Å². The molecule has 3 aromatic carbocycles. The quantitative estimate of drug-likeness (QED) is 0.246. The third kappa shape index (κ3) is 5.15. The molecule has 202 valence electrons. The minimum absolute atomic E-state index is 0.0557. The Hall–Kier alpha value is -3.94. The van der Waals surface area contributed by atoms with Crippen molar-refractivity contribution in [1.82, 2.24) is 24.8 Å². The van der Waals surface area contributed by atoms with Crippen LogP contribution in [-0.4, -0.2) is 44.6 Å². The SMILES string of the molecule is CC(C(=O)NC1CCN(c2ncnc3c2nc(-c2ccccc2Cl)n3-c2ccc(Cl)cc2)CC1)c1ccccc1. The highest BCUT2D eigenvalue weighted by atomic mass is 35.5. The lowest BCUT2D eigenvalue weighted by Crippen LogP contribution is -2.46. The predicted octanol–water partition coefficient (Wildman–Crippen LogP) is 6.68. The summed E-state index contributed by atoms with van der Waals surface area (Å²) in [5.74, 6) is 1.32. The Morgan fingerprint density at radius 2 is 1.62 bits per heavy atom. The maximum atomic E-state index is 12.9. The van der Waals surface area contributed by atoms with Crippen LogP contribution >= 0.6 is 23.2 Å². The Morgan fingerprint density at radius 1 is 0.925 bits per heavy atom. The number of anilines is 1. The first-order chi connectivity index (χ1) is 19.5. The van der Waals surface area contributed by atoms with E-state index < -0.39 is 0 Å². The number of hydrogen-bond acceptors (Lipinski definition) is 5. The summed E-state index contributed by atoms with van der Waals surface area (Å²) in [6.07, 6.45) is 3.21. The van der Waals surface area contributed by atoms with Gasteiger partial charge in [0.1, 0.15) is 12.2 Å². The molecular formula is C31H28Cl2N6O. The summed E-state index contributed by atoms with van der Waals surface area (Å²) >= 11 is 12.8. The second-order valence-electron chi connectivity index (χ2n) is 10.00. The molecular weight excluding hydrogens is 543 g/mol. The molecule has 1 atom stereocenters. The van der Waals surface area contributed by atoms with Gasteiger partial charge in [-0.15, -0.1) is 0 Å². The van der Waals surface area contributed by atoms with Crippen molar-refractivity contribution in [3.63, 3.8) is 0 Å². The minimum Gasteiger partial charge on any atom is -0.355 e. The fourth-order valence-electron chi connectivity index (χ4n) is 5.22. The number of halogens is 2. The van der Waals surface area contributed by atoms with Crippen LogP contribution in [0.4, 0.5) is 5.82 Å². The van der Waals surface area contributed by atoms with Crippen LogP contribution in [0.1, 0.15) is 31.2 Å². The number of nitrogens with zero attached hydrogens (tertiary/aromatic N) is 5. The average Bonchev–Trinajstić information content (AvgIpc) is 3.38. The van der Waals surface area contributed by atoms with Gasteiger partial charge in [0, 0.05) is 35.4 Å². The summed E-state index contributed by atoms with van der Waals surface area (Å²) in [6, 6.07) is 25.2. The summed E-state index contributed by atoms with van der Waals surface area (Å²) in [5, 5.41) is 4.50. The molecule has 2 aromatic heterocycles. The predicted molar refractivity (Wildman–Crippen MR) is 160 cm³/mol. The fraction of sp³-hybridized carbons (Fsp3) is 0.226. The second kappa shape index (κ2) is 11.3. The van der Waals surface area contributed by atoms with Crippen LogP contribution in [0.5, 0.6) is 0 Å². The highest BCUT2D eigenvalue weighted by molar-refractivity contribution is 6.33. The van der Waals surface area contributed by atoms with Crippen molar-refractivity contribution in [2.75, 3.05) is 18.0 Å². The summed E-state index contributed by atoms with van der Waals surface area (Å²) in [6.45, 7) is 3.43. The van der Waals surface area contributed by atoms with Crippen molar-refractivity contribution >= 4 is 46.1 Å². The van der Waals surface area contributed by atoms with Crippen molar-refractivity contribution in [2.45, 2.75) is 31.7 Å². The van der Waals surface area contributed by atoms with E-state index in [4.69, 9.17) is 28.2 Å². The second-order valence-corrected chi connectivity index (χ2v) is 10.8. The zero-order valence-electron chi connectivity index (χ0n) is 22.0. The minimum atomic E-state index is -0.194. The van der Waals surface area contributed by atoms with Crippen molar-refractivity contribution in [1.29, 1.82) is 0 Å². The summed E-state index contributed by atoms with van der Waals surface area (Å²) in [7, 11) is 0. The first kappa shape index (κ1) is 26.3. The fourth-order valence-corrected chi connectivity index (χ4v) is 5.57. The van der Waals surface area contributed by atoms with Gasteiger partial charge in [0.05, 0.1) is 10.9 Å². The third-order valence-electron chi connectivity index (χ3n) is 7.46. The van der Waals surface area contributed by atoms with Crippen molar-refractivity contribution in [2.24, 2.45) is 0 Å². The molecule has 1 aliphatic rings. The molecule has 0 spiro atoms. The smallest absolute Gasteiger partial charge is 0.227 e. The van der Waals surface area contributed by atoms with E-state index in [1.807, 2.05) is 90.4 Å². The monoisotopic (exact) mass is 570 g/mol. The number of nitrogens with one attached hydrogen (secondary N) is 1. The maximum absolute atomic E-state index is 12.9. The Labute approximate surface area is 242 Å². The summed E-state index contributed by atoms with van der Waals surface area (Å²) < 4.78 is 2.00. The molecule has 1 N–H and O–H groups in total. The Kier molecular flexibility index (Phi) is 7.41. The number of aromatic nitrogens is 4. The summed E-state index contributed by atoms with van der Waals surface area (Å²) in [5.41, 5.74) is 4.09. The van der Waals surface area contributed by atoms with E-state index in [1.165, 1.54) is 0 Å². The van der Waals surface area contributed by atoms with Crippen LogP contribution in [0.2, 0.25) is 10.0 Å². The highest BCUT2D eigenvalue weighted by Crippen LogP contribution is 2.35. The largest absolute Gasteiger partial charge is 0.355 e. The molecule has 1 aliphatic heterocycles. The van der Waals surface area contributed by atoms with Crippen LogP contribution < -0.4 is 10.2 Å². The van der Waals surface area contributed by atoms with Crippen molar-refractivity contribution in [3.05, 3.63) is 101 Å². The zero-order chi connectivity index (χ0) is 27.6. The van der Waals surface area contributed by atoms with Crippen LogP contribution in [0, 0.1) is 0 Å². The molecule has 0 bridgehead atoms. The molecule has 40 heavy (non-hydrogen) atoms. The number of carbonyl (C=O) groups excluding carboxylic acids is 1. The number of benzene rings is 3. The van der Waals surface area contributed by atoms with Crippen LogP contribution in [0.3, 0.4) is 0 Å². The Bertz CT molecular complexity index is 1650. The Morgan fingerprint density at radius 3 is 2.35 bits per heavy atom. The van der Waals surface area contributed by atoms with Gasteiger partial charge in [-0.1, -0.05) is 65.7 Å². The number of hydrogen-bond donors (Lipinski definition) is 1. The van der Waals surface area contributed by atoms with E-state index in [9.17, 15) is 4.79 Å². The first-order valence-electron chi connectivity index (χ1n) is 13.3. The van der Waals surface area contributed by atoms with Crippen molar-refractivity contribution in [3.8, 4) is 17.1 Å². The molecule has 7 nitrogen and oxygen atoms in total. The first-order valence-corrected chi connectivity index (χ1v) is 14.1. The van der Waals surface area contributed by atoms with Crippen LogP contribution in [-0.2, 0) is 4.79 Å². The molecule has 6 rings (SSSR count). The number of amides is 1. The van der Waals surface area contributed by atoms with Gasteiger partial charge in [-0.3, -0.25) is 9.36 Å². The van der Waals surface area contributed by atoms with Crippen molar-refractivity contribution < 1.29 is 4.79 Å². The number of piperidine rings is 1. The molecule has 0 saturated carbocycles. The van der Waals surface area contributed by atoms with Crippen LogP contribution in [0.15, 0.2) is 85.2 Å². The molecule has 5 aromatic rings. The number of rotatable bonds is 6. The van der Waals surface area contributed by atoms with E-state index >= 15 is 0 Å². The standard InChI is InChI=1S/C31H28Cl2N6O/c1-20(21-7-3-2-4-8-21)31(40)36-23-15-17-38(18-16-23)29-27-30(35-19-34-29)39(24-13-11-22(32)12-14-24)28(37-27)25-9-5-6-10-26(25)33/h2-14,19-20,23H,15-18H2,1H3,(H,36,40). The van der Waals surface area contributed by atoms with Gasteiger partial charge < -0.3 is 10.2 Å². The van der Waals surface area contributed by atoms with E-state index in [2.05, 4.69) is 20.2 Å². The number of imidazole rings is 1. The summed E-state index contributed by atoms with van der Waals surface area (Å²) in [4.78, 5) is 29.5. The average molecular weight is 572 g/mol. The lowest BCUT2D eigenvalue weighted by atomic mass is 9.98. The van der Waals surface area contributed by atoms with Gasteiger partial charge in [-0.2, -0.15) is 0 Å². The number of fused-ring (bicyclic) bond motifs is 1. The molecule has 0 radical (unpaired) electrons. The molecule has 1 saturated heterocycles. The van der Waals surface area contributed by atoms with Gasteiger partial charge in [-0.25, -0.2) is 15.0 Å².